The lowest BCUT2D eigenvalue weighted by Crippen LogP contribution is -2.41. The molecule has 0 aromatic heterocycles. The van der Waals surface area contributed by atoms with E-state index in [4.69, 9.17) is 9.29 Å². The minimum absolute atomic E-state index is 0.0493. The second kappa shape index (κ2) is 9.32. The van der Waals surface area contributed by atoms with Crippen LogP contribution in [-0.4, -0.2) is 36.8 Å². The number of ether oxygens (including phenoxy) is 1. The van der Waals surface area contributed by atoms with Gasteiger partial charge < -0.3 is 4.74 Å². The molecule has 0 heterocycles. The Morgan fingerprint density at radius 1 is 1.11 bits per heavy atom. The Kier molecular flexibility index (Phi) is 6.29. The van der Waals surface area contributed by atoms with Gasteiger partial charge >= 0.3 is 15.4 Å². The van der Waals surface area contributed by atoms with Crippen molar-refractivity contribution in [2.75, 3.05) is 6.61 Å². The SMILES string of the molecule is O=C(/C=C/c1ccc2c3c4c(ccc13)CC=CC4C=C2)c1ccc(OCC(F)C(F)(F)S(=O)(=O)O)cc1. The molecule has 37 heavy (non-hydrogen) atoms. The molecule has 0 radical (unpaired) electrons. The quantitative estimate of drug-likeness (QED) is 0.165. The zero-order valence-corrected chi connectivity index (χ0v) is 20.1. The van der Waals surface area contributed by atoms with Gasteiger partial charge in [-0.1, -0.05) is 54.6 Å². The summed E-state index contributed by atoms with van der Waals surface area (Å²) in [7, 11) is -5.92. The molecule has 2 aliphatic rings. The molecule has 0 bridgehead atoms. The monoisotopic (exact) mass is 526 g/mol. The van der Waals surface area contributed by atoms with Crippen molar-refractivity contribution in [2.45, 2.75) is 23.8 Å². The van der Waals surface area contributed by atoms with Crippen LogP contribution in [0.5, 0.6) is 5.75 Å². The molecule has 5 rings (SSSR count). The van der Waals surface area contributed by atoms with E-state index in [-0.39, 0.29) is 23.0 Å². The average molecular weight is 527 g/mol. The maximum atomic E-state index is 13.6. The van der Waals surface area contributed by atoms with E-state index in [0.717, 1.165) is 22.9 Å². The van der Waals surface area contributed by atoms with Crippen LogP contribution in [-0.2, 0) is 16.5 Å². The Morgan fingerprint density at radius 3 is 2.59 bits per heavy atom. The highest BCUT2D eigenvalue weighted by atomic mass is 32.2. The van der Waals surface area contributed by atoms with E-state index >= 15 is 0 Å². The summed E-state index contributed by atoms with van der Waals surface area (Å²) in [6.45, 7) is -1.31. The van der Waals surface area contributed by atoms with Gasteiger partial charge in [0.2, 0.25) is 6.17 Å². The Balaban J connectivity index is 1.31. The van der Waals surface area contributed by atoms with Gasteiger partial charge in [0.25, 0.3) is 0 Å². The molecule has 3 aromatic rings. The summed E-state index contributed by atoms with van der Waals surface area (Å²) >= 11 is 0. The van der Waals surface area contributed by atoms with Gasteiger partial charge in [-0.25, -0.2) is 4.39 Å². The van der Waals surface area contributed by atoms with E-state index < -0.39 is 28.2 Å². The number of carbonyl (C=O) groups excluding carboxylic acids is 1. The Labute approximate surface area is 211 Å². The van der Waals surface area contributed by atoms with Crippen LogP contribution in [0.15, 0.2) is 72.8 Å². The van der Waals surface area contributed by atoms with Crippen molar-refractivity contribution in [3.8, 4) is 5.75 Å². The Hall–Kier alpha value is -3.69. The van der Waals surface area contributed by atoms with Gasteiger partial charge in [-0.3, -0.25) is 9.35 Å². The van der Waals surface area contributed by atoms with Crippen LogP contribution in [0.25, 0.3) is 22.9 Å². The molecule has 0 saturated heterocycles. The molecule has 2 atom stereocenters. The molecule has 0 aliphatic heterocycles. The van der Waals surface area contributed by atoms with Gasteiger partial charge in [0.1, 0.15) is 12.4 Å². The molecule has 0 saturated carbocycles. The molecule has 1 N–H and O–H groups in total. The number of alkyl halides is 3. The second-order valence-corrected chi connectivity index (χ2v) is 10.4. The molecule has 0 spiro atoms. The lowest BCUT2D eigenvalue weighted by atomic mass is 9.78. The molecule has 0 fully saturated rings. The zero-order chi connectivity index (χ0) is 26.4. The zero-order valence-electron chi connectivity index (χ0n) is 19.3. The van der Waals surface area contributed by atoms with Crippen molar-refractivity contribution < 1.29 is 35.7 Å². The molecular weight excluding hydrogens is 505 g/mol. The number of benzene rings is 3. The van der Waals surface area contributed by atoms with Gasteiger partial charge in [-0.2, -0.15) is 17.2 Å². The van der Waals surface area contributed by atoms with E-state index in [1.165, 1.54) is 46.9 Å². The van der Waals surface area contributed by atoms with Gasteiger partial charge in [0.05, 0.1) is 0 Å². The standard InChI is InChI=1S/C28H21F3O5S/c29-25(28(30,31)37(33,34)35)16-36-22-12-8-18(9-13-22)24(32)15-11-17-4-5-21-7-6-19-2-1-3-20-10-14-23(17)27(21)26(19)20/h1-2,4-15,19,25H,3,16H2,(H,33,34,35)/b15-11+. The summed E-state index contributed by atoms with van der Waals surface area (Å²) in [5.74, 6) is -0.115. The maximum absolute atomic E-state index is 13.6. The third kappa shape index (κ3) is 4.60. The highest BCUT2D eigenvalue weighted by Crippen LogP contribution is 2.41. The van der Waals surface area contributed by atoms with Crippen molar-refractivity contribution in [1.29, 1.82) is 0 Å². The van der Waals surface area contributed by atoms with Gasteiger partial charge in [0.15, 0.2) is 5.78 Å². The number of hydrogen-bond donors (Lipinski definition) is 1. The first kappa shape index (κ1) is 25.0. The van der Waals surface area contributed by atoms with Crippen LogP contribution in [0.3, 0.4) is 0 Å². The number of halogens is 3. The lowest BCUT2D eigenvalue weighted by molar-refractivity contribution is -0.0220. The number of ketones is 1. The van der Waals surface area contributed by atoms with Crippen LogP contribution >= 0.6 is 0 Å². The van der Waals surface area contributed by atoms with Crippen molar-refractivity contribution in [2.24, 2.45) is 0 Å². The van der Waals surface area contributed by atoms with E-state index in [9.17, 15) is 26.4 Å². The fourth-order valence-electron chi connectivity index (χ4n) is 4.62. The van der Waals surface area contributed by atoms with E-state index in [1.807, 2.05) is 12.1 Å². The third-order valence-electron chi connectivity index (χ3n) is 6.53. The summed E-state index contributed by atoms with van der Waals surface area (Å²) in [5.41, 5.74) is 4.93. The molecule has 9 heteroatoms. The third-order valence-corrected chi connectivity index (χ3v) is 7.48. The summed E-state index contributed by atoms with van der Waals surface area (Å²) < 4.78 is 74.8. The van der Waals surface area contributed by atoms with Gasteiger partial charge in [-0.05, 0) is 69.8 Å². The largest absolute Gasteiger partial charge is 0.490 e. The smallest absolute Gasteiger partial charge is 0.403 e. The van der Waals surface area contributed by atoms with Crippen LogP contribution < -0.4 is 4.74 Å². The summed E-state index contributed by atoms with van der Waals surface area (Å²) in [5, 5.41) is -2.76. The highest BCUT2D eigenvalue weighted by molar-refractivity contribution is 7.86. The number of allylic oxidation sites excluding steroid dienone is 4. The topological polar surface area (TPSA) is 80.7 Å². The summed E-state index contributed by atoms with van der Waals surface area (Å²) in [6, 6.07) is 13.5. The fraction of sp³-hybridized carbons (Fsp3) is 0.179. The minimum Gasteiger partial charge on any atom is -0.490 e. The van der Waals surface area contributed by atoms with E-state index in [1.54, 1.807) is 6.08 Å². The predicted octanol–water partition coefficient (Wildman–Crippen LogP) is 6.16. The molecular formula is C28H21F3O5S. The molecule has 2 aliphatic carbocycles. The second-order valence-electron chi connectivity index (χ2n) is 8.86. The van der Waals surface area contributed by atoms with Crippen molar-refractivity contribution in [3.63, 3.8) is 0 Å². The molecule has 5 nitrogen and oxygen atoms in total. The minimum atomic E-state index is -5.92. The van der Waals surface area contributed by atoms with Crippen LogP contribution in [0.1, 0.15) is 38.5 Å². The first-order valence-corrected chi connectivity index (χ1v) is 12.9. The van der Waals surface area contributed by atoms with E-state index in [0.29, 0.717) is 0 Å². The maximum Gasteiger partial charge on any atom is 0.403 e. The summed E-state index contributed by atoms with van der Waals surface area (Å²) in [4.78, 5) is 12.7. The fourth-order valence-corrected chi connectivity index (χ4v) is 5.01. The average Bonchev–Trinajstić information content (AvgIpc) is 2.89. The molecule has 3 aromatic carbocycles. The molecule has 2 unspecified atom stereocenters. The summed E-state index contributed by atoms with van der Waals surface area (Å²) in [6.07, 6.45) is 9.49. The number of hydrogen-bond acceptors (Lipinski definition) is 4. The van der Waals surface area contributed by atoms with Crippen LogP contribution in [0, 0.1) is 0 Å². The Morgan fingerprint density at radius 2 is 1.86 bits per heavy atom. The van der Waals surface area contributed by atoms with Gasteiger partial charge in [-0.15, -0.1) is 0 Å². The molecule has 0 amide bonds. The first-order valence-electron chi connectivity index (χ1n) is 11.4. The predicted molar refractivity (Wildman–Crippen MR) is 135 cm³/mol. The van der Waals surface area contributed by atoms with Crippen LogP contribution in [0.4, 0.5) is 13.2 Å². The highest BCUT2D eigenvalue weighted by Gasteiger charge is 2.53. The van der Waals surface area contributed by atoms with Crippen molar-refractivity contribution in [1.82, 2.24) is 0 Å². The van der Waals surface area contributed by atoms with Gasteiger partial charge in [0, 0.05) is 11.5 Å². The lowest BCUT2D eigenvalue weighted by Gasteiger charge is -2.25. The molecule has 190 valence electrons. The van der Waals surface area contributed by atoms with Crippen molar-refractivity contribution >= 4 is 38.8 Å². The van der Waals surface area contributed by atoms with E-state index in [2.05, 4.69) is 36.4 Å². The Bertz CT molecular complexity index is 1590. The van der Waals surface area contributed by atoms with Crippen LogP contribution in [0.2, 0.25) is 0 Å². The first-order chi connectivity index (χ1) is 17.6. The van der Waals surface area contributed by atoms with Crippen molar-refractivity contribution in [3.05, 3.63) is 101 Å². The normalized spacial score (nSPS) is 17.4. The number of carbonyl (C=O) groups is 1. The number of rotatable bonds is 8.